The molecule has 1 aromatic carbocycles. The van der Waals surface area contributed by atoms with Crippen LogP contribution in [-0.4, -0.2) is 22.9 Å². The molecule has 0 aromatic heterocycles. The lowest BCUT2D eigenvalue weighted by Crippen LogP contribution is -2.36. The van der Waals surface area contributed by atoms with Crippen molar-refractivity contribution in [3.05, 3.63) is 35.9 Å². The van der Waals surface area contributed by atoms with Crippen LogP contribution in [0.3, 0.4) is 0 Å². The van der Waals surface area contributed by atoms with Gasteiger partial charge in [0.1, 0.15) is 6.17 Å². The monoisotopic (exact) mass is 286 g/mol. The van der Waals surface area contributed by atoms with Crippen molar-refractivity contribution in [2.45, 2.75) is 58.3 Å². The molecule has 1 aliphatic heterocycles. The minimum Gasteiger partial charge on any atom is -0.318 e. The summed E-state index contributed by atoms with van der Waals surface area (Å²) in [5, 5.41) is 3.57. The summed E-state index contributed by atoms with van der Waals surface area (Å²) in [6.45, 7) is 6.47. The van der Waals surface area contributed by atoms with E-state index in [1.807, 2.05) is 6.07 Å². The van der Waals surface area contributed by atoms with Crippen molar-refractivity contribution in [3.8, 4) is 0 Å². The summed E-state index contributed by atoms with van der Waals surface area (Å²) in [7, 11) is 0. The minimum atomic E-state index is -0.0434. The van der Waals surface area contributed by atoms with E-state index in [0.29, 0.717) is 23.8 Å². The second-order valence-corrected chi connectivity index (χ2v) is 6.80. The molecule has 1 amide bonds. The molecule has 3 nitrogen and oxygen atoms in total. The van der Waals surface area contributed by atoms with Gasteiger partial charge in [0.15, 0.2) is 0 Å². The molecule has 114 valence electrons. The van der Waals surface area contributed by atoms with Gasteiger partial charge in [-0.1, -0.05) is 57.5 Å². The molecule has 1 N–H and O–H groups in total. The molecule has 0 bridgehead atoms. The van der Waals surface area contributed by atoms with Gasteiger partial charge in [-0.25, -0.2) is 0 Å². The van der Waals surface area contributed by atoms with Gasteiger partial charge in [-0.3, -0.25) is 10.1 Å². The average molecular weight is 286 g/mol. The van der Waals surface area contributed by atoms with Gasteiger partial charge in [0.25, 0.3) is 0 Å². The van der Waals surface area contributed by atoms with E-state index in [2.05, 4.69) is 55.3 Å². The molecule has 1 aliphatic carbocycles. The summed E-state index contributed by atoms with van der Waals surface area (Å²) in [4.78, 5) is 15.0. The fraction of sp³-hybridized carbons (Fsp3) is 0.611. The van der Waals surface area contributed by atoms with Crippen LogP contribution in [0.1, 0.15) is 51.8 Å². The molecule has 1 aromatic rings. The molecule has 4 atom stereocenters. The summed E-state index contributed by atoms with van der Waals surface area (Å²) in [6.07, 6.45) is 3.68. The molecule has 3 heteroatoms. The first-order valence-corrected chi connectivity index (χ1v) is 8.26. The zero-order valence-electron chi connectivity index (χ0n) is 13.3. The molecule has 1 heterocycles. The van der Waals surface area contributed by atoms with Gasteiger partial charge in [0.2, 0.25) is 5.91 Å². The maximum absolute atomic E-state index is 12.8. The van der Waals surface area contributed by atoms with E-state index in [-0.39, 0.29) is 12.2 Å². The molecule has 1 saturated heterocycles. The molecular weight excluding hydrogens is 260 g/mol. The van der Waals surface area contributed by atoms with Gasteiger partial charge in [-0.2, -0.15) is 0 Å². The van der Waals surface area contributed by atoms with Gasteiger partial charge in [-0.05, 0) is 30.2 Å². The first kappa shape index (κ1) is 14.6. The first-order chi connectivity index (χ1) is 10.1. The quantitative estimate of drug-likeness (QED) is 0.900. The Hall–Kier alpha value is -1.35. The number of carbonyl (C=O) groups excluding carboxylic acids is 1. The Labute approximate surface area is 127 Å². The Balaban J connectivity index is 1.84. The molecule has 3 rings (SSSR count). The fourth-order valence-corrected chi connectivity index (χ4v) is 3.59. The molecule has 2 aliphatic rings. The Kier molecular flexibility index (Phi) is 4.03. The maximum atomic E-state index is 12.8. The lowest BCUT2D eigenvalue weighted by Gasteiger charge is -2.25. The molecule has 0 spiro atoms. The largest absolute Gasteiger partial charge is 0.318 e. The Bertz CT molecular complexity index is 499. The van der Waals surface area contributed by atoms with E-state index in [9.17, 15) is 4.79 Å². The summed E-state index contributed by atoms with van der Waals surface area (Å²) < 4.78 is 0. The highest BCUT2D eigenvalue weighted by atomic mass is 16.2. The first-order valence-electron chi connectivity index (χ1n) is 8.26. The number of carbonyl (C=O) groups is 1. The zero-order chi connectivity index (χ0) is 15.0. The second-order valence-electron chi connectivity index (χ2n) is 6.80. The van der Waals surface area contributed by atoms with Crippen LogP contribution in [0.5, 0.6) is 0 Å². The maximum Gasteiger partial charge on any atom is 0.241 e. The van der Waals surface area contributed by atoms with Gasteiger partial charge >= 0.3 is 0 Å². The number of nitrogens with one attached hydrogen (secondary N) is 1. The van der Waals surface area contributed by atoms with Crippen LogP contribution >= 0.6 is 0 Å². The highest BCUT2D eigenvalue weighted by molar-refractivity contribution is 5.85. The van der Waals surface area contributed by atoms with Gasteiger partial charge in [0.05, 0.1) is 6.04 Å². The van der Waals surface area contributed by atoms with Crippen molar-refractivity contribution in [2.75, 3.05) is 0 Å². The van der Waals surface area contributed by atoms with Gasteiger partial charge in [-0.15, -0.1) is 0 Å². The number of amides is 1. The summed E-state index contributed by atoms with van der Waals surface area (Å²) in [6, 6.07) is 10.8. The van der Waals surface area contributed by atoms with E-state index >= 15 is 0 Å². The zero-order valence-corrected chi connectivity index (χ0v) is 13.3. The SMILES string of the molecule is CCCC1CC1N1C(=O)C(C(C)C)NC1c1ccccc1. The number of nitrogens with zero attached hydrogens (tertiary/aromatic N) is 1. The number of hydrogen-bond donors (Lipinski definition) is 1. The third-order valence-corrected chi connectivity index (χ3v) is 4.82. The van der Waals surface area contributed by atoms with E-state index in [4.69, 9.17) is 0 Å². The van der Waals surface area contributed by atoms with Crippen LogP contribution < -0.4 is 5.32 Å². The molecule has 1 saturated carbocycles. The van der Waals surface area contributed by atoms with E-state index in [0.717, 1.165) is 0 Å². The van der Waals surface area contributed by atoms with Gasteiger partial charge in [0, 0.05) is 6.04 Å². The van der Waals surface area contributed by atoms with E-state index in [1.54, 1.807) is 0 Å². The number of benzene rings is 1. The van der Waals surface area contributed by atoms with E-state index in [1.165, 1.54) is 24.8 Å². The number of hydrogen-bond acceptors (Lipinski definition) is 2. The Morgan fingerprint density at radius 2 is 2.00 bits per heavy atom. The van der Waals surface area contributed by atoms with Crippen LogP contribution in [0.15, 0.2) is 30.3 Å². The summed E-state index contributed by atoms with van der Waals surface area (Å²) in [5.41, 5.74) is 1.20. The Morgan fingerprint density at radius 3 is 2.62 bits per heavy atom. The van der Waals surface area contributed by atoms with Gasteiger partial charge < -0.3 is 4.90 Å². The van der Waals surface area contributed by atoms with E-state index < -0.39 is 0 Å². The molecule has 2 fully saturated rings. The van der Waals surface area contributed by atoms with Crippen LogP contribution in [-0.2, 0) is 4.79 Å². The summed E-state index contributed by atoms with van der Waals surface area (Å²) >= 11 is 0. The fourth-order valence-electron chi connectivity index (χ4n) is 3.59. The van der Waals surface area contributed by atoms with Crippen molar-refractivity contribution in [2.24, 2.45) is 11.8 Å². The topological polar surface area (TPSA) is 32.3 Å². The predicted octanol–water partition coefficient (Wildman–Crippen LogP) is 3.33. The third-order valence-electron chi connectivity index (χ3n) is 4.82. The Morgan fingerprint density at radius 1 is 1.29 bits per heavy atom. The highest BCUT2D eigenvalue weighted by Gasteiger charge is 2.51. The normalized spacial score (nSPS) is 32.0. The molecule has 4 unspecified atom stereocenters. The number of rotatable bonds is 5. The summed E-state index contributed by atoms with van der Waals surface area (Å²) in [5.74, 6) is 1.33. The second kappa shape index (κ2) is 5.80. The smallest absolute Gasteiger partial charge is 0.241 e. The van der Waals surface area contributed by atoms with Crippen molar-refractivity contribution >= 4 is 5.91 Å². The standard InChI is InChI=1S/C18H26N2O/c1-4-8-14-11-15(14)20-17(13-9-6-5-7-10-13)19-16(12(2)3)18(20)21/h5-7,9-10,12,14-17,19H,4,8,11H2,1-3H3. The lowest BCUT2D eigenvalue weighted by molar-refractivity contribution is -0.131. The van der Waals surface area contributed by atoms with Crippen molar-refractivity contribution in [1.82, 2.24) is 10.2 Å². The molecule has 21 heavy (non-hydrogen) atoms. The predicted molar refractivity (Wildman–Crippen MR) is 84.6 cm³/mol. The third kappa shape index (κ3) is 2.71. The minimum absolute atomic E-state index is 0.0434. The van der Waals surface area contributed by atoms with Crippen molar-refractivity contribution < 1.29 is 4.79 Å². The van der Waals surface area contributed by atoms with Crippen LogP contribution in [0, 0.1) is 11.8 Å². The van der Waals surface area contributed by atoms with Crippen molar-refractivity contribution in [1.29, 1.82) is 0 Å². The molecular formula is C18H26N2O. The van der Waals surface area contributed by atoms with Crippen molar-refractivity contribution in [3.63, 3.8) is 0 Å². The van der Waals surface area contributed by atoms with Crippen LogP contribution in [0.4, 0.5) is 0 Å². The van der Waals surface area contributed by atoms with Crippen LogP contribution in [0.2, 0.25) is 0 Å². The lowest BCUT2D eigenvalue weighted by atomic mass is 10.0. The van der Waals surface area contributed by atoms with Crippen LogP contribution in [0.25, 0.3) is 0 Å². The average Bonchev–Trinajstić information content (AvgIpc) is 3.13. The molecule has 0 radical (unpaired) electrons. The highest BCUT2D eigenvalue weighted by Crippen LogP contribution is 2.45.